The molecule has 1 aliphatic heterocycles. The maximum absolute atomic E-state index is 11.3. The van der Waals surface area contributed by atoms with Crippen molar-refractivity contribution in [3.05, 3.63) is 40.0 Å². The summed E-state index contributed by atoms with van der Waals surface area (Å²) in [4.78, 5) is 23.5. The SMILES string of the molecule is CC1CCCCN1c1ccc(/C=C/C(=O)O)cc1[N+](=O)[O-]. The first kappa shape index (κ1) is 15.0. The van der Waals surface area contributed by atoms with Gasteiger partial charge in [-0.05, 0) is 43.9 Å². The molecule has 0 radical (unpaired) electrons. The molecular weight excluding hydrogens is 272 g/mol. The molecule has 112 valence electrons. The van der Waals surface area contributed by atoms with Crippen LogP contribution in [0, 0.1) is 10.1 Å². The number of piperidine rings is 1. The molecule has 6 heteroatoms. The number of carboxylic acid groups (broad SMARTS) is 1. The number of hydrogen-bond donors (Lipinski definition) is 1. The van der Waals surface area contributed by atoms with Crippen LogP contribution in [0.2, 0.25) is 0 Å². The Bertz CT molecular complexity index is 583. The second-order valence-corrected chi connectivity index (χ2v) is 5.22. The monoisotopic (exact) mass is 290 g/mol. The fourth-order valence-electron chi connectivity index (χ4n) is 2.66. The molecule has 0 aliphatic carbocycles. The highest BCUT2D eigenvalue weighted by molar-refractivity contribution is 5.85. The average molecular weight is 290 g/mol. The Balaban J connectivity index is 2.37. The van der Waals surface area contributed by atoms with E-state index in [2.05, 4.69) is 11.8 Å². The summed E-state index contributed by atoms with van der Waals surface area (Å²) < 4.78 is 0. The van der Waals surface area contributed by atoms with Crippen molar-refractivity contribution in [2.45, 2.75) is 32.2 Å². The van der Waals surface area contributed by atoms with Gasteiger partial charge in [0.1, 0.15) is 5.69 Å². The lowest BCUT2D eigenvalue weighted by Crippen LogP contribution is -2.37. The third kappa shape index (κ3) is 3.59. The van der Waals surface area contributed by atoms with Gasteiger partial charge in [-0.15, -0.1) is 0 Å². The van der Waals surface area contributed by atoms with E-state index in [1.54, 1.807) is 12.1 Å². The minimum Gasteiger partial charge on any atom is -0.478 e. The fraction of sp³-hybridized carbons (Fsp3) is 0.400. The Morgan fingerprint density at radius 3 is 2.86 bits per heavy atom. The normalized spacial score (nSPS) is 18.9. The molecule has 6 nitrogen and oxygen atoms in total. The van der Waals surface area contributed by atoms with Crippen molar-refractivity contribution in [2.24, 2.45) is 0 Å². The third-order valence-corrected chi connectivity index (χ3v) is 3.73. The van der Waals surface area contributed by atoms with Gasteiger partial charge in [0, 0.05) is 24.7 Å². The lowest BCUT2D eigenvalue weighted by Gasteiger charge is -2.35. The summed E-state index contributed by atoms with van der Waals surface area (Å²) >= 11 is 0. The molecule has 1 N–H and O–H groups in total. The van der Waals surface area contributed by atoms with Gasteiger partial charge in [0.25, 0.3) is 5.69 Å². The highest BCUT2D eigenvalue weighted by Crippen LogP contribution is 2.33. The molecule has 1 fully saturated rings. The van der Waals surface area contributed by atoms with Gasteiger partial charge in [-0.1, -0.05) is 6.07 Å². The Morgan fingerprint density at radius 2 is 2.24 bits per heavy atom. The smallest absolute Gasteiger partial charge is 0.328 e. The highest BCUT2D eigenvalue weighted by Gasteiger charge is 2.25. The van der Waals surface area contributed by atoms with E-state index in [0.717, 1.165) is 31.9 Å². The minimum atomic E-state index is -1.08. The van der Waals surface area contributed by atoms with Crippen molar-refractivity contribution in [3.63, 3.8) is 0 Å². The lowest BCUT2D eigenvalue weighted by molar-refractivity contribution is -0.384. The van der Waals surface area contributed by atoms with E-state index in [-0.39, 0.29) is 11.7 Å². The van der Waals surface area contributed by atoms with Crippen molar-refractivity contribution in [1.29, 1.82) is 0 Å². The molecule has 1 unspecified atom stereocenters. The summed E-state index contributed by atoms with van der Waals surface area (Å²) in [6.07, 6.45) is 5.53. The second-order valence-electron chi connectivity index (χ2n) is 5.22. The molecule has 1 saturated heterocycles. The molecule has 0 bridgehead atoms. The van der Waals surface area contributed by atoms with Crippen LogP contribution < -0.4 is 4.90 Å². The Kier molecular flexibility index (Phi) is 4.57. The Labute approximate surface area is 122 Å². The van der Waals surface area contributed by atoms with E-state index >= 15 is 0 Å². The predicted octanol–water partition coefficient (Wildman–Crippen LogP) is 3.07. The minimum absolute atomic E-state index is 0.0243. The molecule has 1 aromatic rings. The van der Waals surface area contributed by atoms with E-state index in [4.69, 9.17) is 5.11 Å². The van der Waals surface area contributed by atoms with E-state index in [1.807, 2.05) is 0 Å². The number of nitrogens with zero attached hydrogens (tertiary/aromatic N) is 2. The van der Waals surface area contributed by atoms with Crippen LogP contribution in [0.4, 0.5) is 11.4 Å². The maximum atomic E-state index is 11.3. The zero-order valence-corrected chi connectivity index (χ0v) is 11.9. The van der Waals surface area contributed by atoms with Gasteiger partial charge >= 0.3 is 5.97 Å². The number of nitro groups is 1. The first-order chi connectivity index (χ1) is 9.99. The summed E-state index contributed by atoms with van der Waals surface area (Å²) in [5.41, 5.74) is 1.15. The van der Waals surface area contributed by atoms with Crippen LogP contribution in [0.25, 0.3) is 6.08 Å². The van der Waals surface area contributed by atoms with Crippen molar-refractivity contribution in [1.82, 2.24) is 0 Å². The van der Waals surface area contributed by atoms with Crippen LogP contribution >= 0.6 is 0 Å². The molecule has 2 rings (SSSR count). The number of carbonyl (C=O) groups is 1. The van der Waals surface area contributed by atoms with E-state index in [9.17, 15) is 14.9 Å². The molecule has 0 spiro atoms. The molecule has 1 aliphatic rings. The largest absolute Gasteiger partial charge is 0.478 e. The average Bonchev–Trinajstić information content (AvgIpc) is 2.45. The topological polar surface area (TPSA) is 83.7 Å². The van der Waals surface area contributed by atoms with E-state index in [1.165, 1.54) is 12.1 Å². The van der Waals surface area contributed by atoms with Crippen molar-refractivity contribution >= 4 is 23.4 Å². The van der Waals surface area contributed by atoms with Gasteiger partial charge in [0.15, 0.2) is 0 Å². The van der Waals surface area contributed by atoms with Crippen LogP contribution in [0.15, 0.2) is 24.3 Å². The number of hydrogen-bond acceptors (Lipinski definition) is 4. The van der Waals surface area contributed by atoms with Gasteiger partial charge in [-0.25, -0.2) is 4.79 Å². The van der Waals surface area contributed by atoms with Crippen LogP contribution in [0.5, 0.6) is 0 Å². The second kappa shape index (κ2) is 6.39. The fourth-order valence-corrected chi connectivity index (χ4v) is 2.66. The molecular formula is C15H18N2O4. The molecule has 0 saturated carbocycles. The van der Waals surface area contributed by atoms with Crippen LogP contribution in [0.1, 0.15) is 31.7 Å². The summed E-state index contributed by atoms with van der Waals surface area (Å²) in [6.45, 7) is 2.88. The summed E-state index contributed by atoms with van der Waals surface area (Å²) in [5.74, 6) is -1.08. The van der Waals surface area contributed by atoms with Crippen LogP contribution in [-0.2, 0) is 4.79 Å². The number of nitro benzene ring substituents is 1. The number of carboxylic acids is 1. The zero-order valence-electron chi connectivity index (χ0n) is 11.9. The summed E-state index contributed by atoms with van der Waals surface area (Å²) in [7, 11) is 0. The van der Waals surface area contributed by atoms with Crippen LogP contribution in [-0.4, -0.2) is 28.6 Å². The van der Waals surface area contributed by atoms with Crippen molar-refractivity contribution in [2.75, 3.05) is 11.4 Å². The number of aliphatic carboxylic acids is 1. The first-order valence-electron chi connectivity index (χ1n) is 6.95. The zero-order chi connectivity index (χ0) is 15.4. The van der Waals surface area contributed by atoms with Gasteiger partial charge in [-0.3, -0.25) is 10.1 Å². The summed E-state index contributed by atoms with van der Waals surface area (Å²) in [6, 6.07) is 5.12. The lowest BCUT2D eigenvalue weighted by atomic mass is 10.0. The first-order valence-corrected chi connectivity index (χ1v) is 6.95. The number of rotatable bonds is 4. The number of anilines is 1. The van der Waals surface area contributed by atoms with E-state index < -0.39 is 10.9 Å². The van der Waals surface area contributed by atoms with Gasteiger partial charge < -0.3 is 10.0 Å². The standard InChI is InChI=1S/C15H18N2O4/c1-11-4-2-3-9-16(11)13-7-5-12(6-8-15(18)19)10-14(13)17(20)21/h5-8,10-11H,2-4,9H2,1H3,(H,18,19)/b8-6+. The predicted molar refractivity (Wildman–Crippen MR) is 80.4 cm³/mol. The molecule has 1 aromatic carbocycles. The third-order valence-electron chi connectivity index (χ3n) is 3.73. The summed E-state index contributed by atoms with van der Waals surface area (Å²) in [5, 5.41) is 19.9. The number of benzene rings is 1. The van der Waals surface area contributed by atoms with Crippen molar-refractivity contribution < 1.29 is 14.8 Å². The van der Waals surface area contributed by atoms with Crippen molar-refractivity contribution in [3.8, 4) is 0 Å². The van der Waals surface area contributed by atoms with Gasteiger partial charge in [-0.2, -0.15) is 0 Å². The molecule has 21 heavy (non-hydrogen) atoms. The van der Waals surface area contributed by atoms with Gasteiger partial charge in [0.2, 0.25) is 0 Å². The maximum Gasteiger partial charge on any atom is 0.328 e. The molecule has 0 aromatic heterocycles. The Hall–Kier alpha value is -2.37. The quantitative estimate of drug-likeness (QED) is 0.523. The van der Waals surface area contributed by atoms with Gasteiger partial charge in [0.05, 0.1) is 4.92 Å². The molecule has 1 atom stereocenters. The van der Waals surface area contributed by atoms with Crippen LogP contribution in [0.3, 0.4) is 0 Å². The molecule has 0 amide bonds. The Morgan fingerprint density at radius 1 is 1.48 bits per heavy atom. The highest BCUT2D eigenvalue weighted by atomic mass is 16.6. The van der Waals surface area contributed by atoms with E-state index in [0.29, 0.717) is 11.3 Å². The molecule has 1 heterocycles.